The molecule has 0 bridgehead atoms. The first-order valence-corrected chi connectivity index (χ1v) is 23.8. The zero-order chi connectivity index (χ0) is 47.4. The van der Waals surface area contributed by atoms with Crippen molar-refractivity contribution in [2.75, 3.05) is 0 Å². The minimum Gasteiger partial charge on any atom is -0.237 e. The fraction of sp³-hybridized carbons (Fsp3) is 0.177. The van der Waals surface area contributed by atoms with E-state index in [-0.39, 0.29) is 0 Å². The average molecular weight is 890 g/mol. The molecule has 68 heavy (non-hydrogen) atoms. The molecular weight excluding hydrogens is 829 g/mol. The lowest BCUT2D eigenvalue weighted by Gasteiger charge is -2.09. The van der Waals surface area contributed by atoms with Crippen LogP contribution in [0, 0.1) is 34.6 Å². The summed E-state index contributed by atoms with van der Waals surface area (Å²) in [4.78, 5) is 0. The van der Waals surface area contributed by atoms with E-state index in [0.717, 1.165) is 0 Å². The normalized spacial score (nSPS) is 11.5. The average Bonchev–Trinajstić information content (AvgIpc) is 3.98. The molecule has 12 rings (SSSR count). The molecule has 0 saturated carbocycles. The first-order chi connectivity index (χ1) is 32.9. The topological polar surface area (TPSA) is 26.4 Å². The number of rotatable bonds is 4. The molecule has 0 fully saturated rings. The van der Waals surface area contributed by atoms with E-state index in [1.165, 1.54) is 116 Å². The Kier molecular flexibility index (Phi) is 11.5. The van der Waals surface area contributed by atoms with E-state index in [9.17, 15) is 0 Å². The zero-order valence-electron chi connectivity index (χ0n) is 41.1. The van der Waals surface area contributed by atoms with Crippen LogP contribution in [0.5, 0.6) is 0 Å². The Morgan fingerprint density at radius 2 is 0.750 bits per heavy atom. The molecule has 0 atom stereocenters. The summed E-state index contributed by atoms with van der Waals surface area (Å²) >= 11 is 0. The van der Waals surface area contributed by atoms with Crippen molar-refractivity contribution in [2.24, 2.45) is 21.1 Å². The SMILES string of the molecule is Cc1cc[n+](C)c(-n2c3ccccc3c3cccc(C)c32)c1.Cc1ccc(-n2c3ccccc3c3cccc(C)c32)[n+](C)c1.Cc1cccc2c3ccccc3n(-c3cc(C(C)C)cc[n+]3C)c12. The third-order valence-electron chi connectivity index (χ3n) is 13.7. The Labute approximate surface area is 399 Å². The van der Waals surface area contributed by atoms with Crippen LogP contribution < -0.4 is 13.7 Å². The van der Waals surface area contributed by atoms with Gasteiger partial charge in [-0.05, 0) is 147 Å². The molecule has 6 heterocycles. The molecular formula is C62H61N6+3. The maximum absolute atomic E-state index is 2.41. The highest BCUT2D eigenvalue weighted by Gasteiger charge is 2.25. The molecule has 6 heteroatoms. The van der Waals surface area contributed by atoms with Crippen molar-refractivity contribution < 1.29 is 13.7 Å². The number of hydrogen-bond donors (Lipinski definition) is 0. The van der Waals surface area contributed by atoms with E-state index in [1.54, 1.807) is 0 Å². The lowest BCUT2D eigenvalue weighted by molar-refractivity contribution is -0.665. The van der Waals surface area contributed by atoms with Gasteiger partial charge in [-0.3, -0.25) is 0 Å². The summed E-state index contributed by atoms with van der Waals surface area (Å²) in [6.45, 7) is 15.3. The van der Waals surface area contributed by atoms with Gasteiger partial charge in [0, 0.05) is 50.5 Å². The summed E-state index contributed by atoms with van der Waals surface area (Å²) in [5.74, 6) is 4.10. The quantitative estimate of drug-likeness (QED) is 0.157. The van der Waals surface area contributed by atoms with Gasteiger partial charge in [0.05, 0.1) is 39.7 Å². The number of aryl methyl sites for hydroxylation is 8. The fourth-order valence-corrected chi connectivity index (χ4v) is 10.3. The number of benzene rings is 6. The summed E-state index contributed by atoms with van der Waals surface area (Å²) < 4.78 is 13.8. The van der Waals surface area contributed by atoms with Gasteiger partial charge in [0.1, 0.15) is 33.1 Å². The van der Waals surface area contributed by atoms with Crippen molar-refractivity contribution in [3.8, 4) is 17.5 Å². The third kappa shape index (κ3) is 7.60. The van der Waals surface area contributed by atoms with Gasteiger partial charge in [0.15, 0.2) is 0 Å². The molecule has 0 unspecified atom stereocenters. The summed E-state index contributed by atoms with van der Waals surface area (Å²) in [6.07, 6.45) is 6.47. The van der Waals surface area contributed by atoms with Crippen molar-refractivity contribution in [1.29, 1.82) is 0 Å². The molecule has 6 aromatic heterocycles. The largest absolute Gasteiger partial charge is 0.286 e. The van der Waals surface area contributed by atoms with E-state index in [1.807, 2.05) is 0 Å². The van der Waals surface area contributed by atoms with Crippen LogP contribution in [0.3, 0.4) is 0 Å². The molecule has 6 nitrogen and oxygen atoms in total. The Hall–Kier alpha value is -7.83. The standard InChI is InChI=1S/C22H23N2.2C20H19N2/c1-15(2)17-12-13-23(4)21(14-17)24-20-11-6-5-9-18(20)19-10-7-8-16(3)22(19)24;1-14-11-12-21(3)19(13-14)22-18-10-5-4-8-16(18)17-9-6-7-15(2)20(17)22;1-14-11-12-19(21(3)13-14)22-18-10-5-4-8-16(18)17-9-6-7-15(2)20(17)22/h5-15H,1-4H3;2*4-13H,1-3H3/q3*+1. The van der Waals surface area contributed by atoms with Crippen LogP contribution in [0.25, 0.3) is 82.9 Å². The van der Waals surface area contributed by atoms with Crippen molar-refractivity contribution in [3.63, 3.8) is 0 Å². The number of pyridine rings is 3. The minimum absolute atomic E-state index is 0.513. The summed E-state index contributed by atoms with van der Waals surface area (Å²) in [6, 6.07) is 59.0. The van der Waals surface area contributed by atoms with Crippen LogP contribution >= 0.6 is 0 Å². The highest BCUT2D eigenvalue weighted by molar-refractivity contribution is 6.12. The second-order valence-electron chi connectivity index (χ2n) is 18.9. The van der Waals surface area contributed by atoms with E-state index in [4.69, 9.17) is 0 Å². The van der Waals surface area contributed by atoms with Crippen molar-refractivity contribution in [3.05, 3.63) is 216 Å². The molecule has 0 spiro atoms. The maximum Gasteiger partial charge on any atom is 0.286 e. The van der Waals surface area contributed by atoms with E-state index in [0.29, 0.717) is 5.92 Å². The van der Waals surface area contributed by atoms with Crippen molar-refractivity contribution >= 4 is 65.4 Å². The molecule has 6 aromatic carbocycles. The third-order valence-corrected chi connectivity index (χ3v) is 13.7. The Morgan fingerprint density at radius 3 is 1.19 bits per heavy atom. The van der Waals surface area contributed by atoms with Crippen LogP contribution in [0.2, 0.25) is 0 Å². The summed E-state index contributed by atoms with van der Waals surface area (Å²) in [5.41, 5.74) is 15.5. The molecule has 0 aliphatic carbocycles. The Balaban J connectivity index is 0.000000119. The maximum atomic E-state index is 2.41. The zero-order valence-corrected chi connectivity index (χ0v) is 41.1. The van der Waals surface area contributed by atoms with Crippen LogP contribution in [0.4, 0.5) is 0 Å². The van der Waals surface area contributed by atoms with Gasteiger partial charge in [-0.1, -0.05) is 86.6 Å². The van der Waals surface area contributed by atoms with E-state index >= 15 is 0 Å². The van der Waals surface area contributed by atoms with Gasteiger partial charge in [-0.2, -0.15) is 13.7 Å². The predicted octanol–water partition coefficient (Wildman–Crippen LogP) is 13.5. The second-order valence-corrected chi connectivity index (χ2v) is 18.9. The lowest BCUT2D eigenvalue weighted by atomic mass is 10.0. The number of para-hydroxylation sites is 6. The summed E-state index contributed by atoms with van der Waals surface area (Å²) in [5, 5.41) is 7.88. The molecule has 0 N–H and O–H groups in total. The number of aromatic nitrogens is 6. The first kappa shape index (κ1) is 44.0. The van der Waals surface area contributed by atoms with E-state index < -0.39 is 0 Å². The van der Waals surface area contributed by atoms with Crippen molar-refractivity contribution in [2.45, 2.75) is 54.4 Å². The number of nitrogens with zero attached hydrogens (tertiary/aromatic N) is 6. The van der Waals surface area contributed by atoms with Gasteiger partial charge in [0.25, 0.3) is 17.5 Å². The predicted molar refractivity (Wildman–Crippen MR) is 284 cm³/mol. The lowest BCUT2D eigenvalue weighted by Crippen LogP contribution is -2.33. The fourth-order valence-electron chi connectivity index (χ4n) is 10.3. The van der Waals surface area contributed by atoms with Crippen molar-refractivity contribution in [1.82, 2.24) is 13.7 Å². The smallest absolute Gasteiger partial charge is 0.237 e. The van der Waals surface area contributed by atoms with Gasteiger partial charge in [-0.15, -0.1) is 0 Å². The van der Waals surface area contributed by atoms with Gasteiger partial charge < -0.3 is 0 Å². The molecule has 0 saturated heterocycles. The number of hydrogen-bond acceptors (Lipinski definition) is 0. The van der Waals surface area contributed by atoms with Crippen LogP contribution in [-0.4, -0.2) is 13.7 Å². The van der Waals surface area contributed by atoms with Crippen LogP contribution in [-0.2, 0) is 21.1 Å². The molecule has 0 radical (unpaired) electrons. The van der Waals surface area contributed by atoms with Gasteiger partial charge >= 0.3 is 0 Å². The Morgan fingerprint density at radius 1 is 0.353 bits per heavy atom. The molecule has 336 valence electrons. The van der Waals surface area contributed by atoms with E-state index in [2.05, 4.69) is 279 Å². The molecule has 0 aliphatic rings. The number of fused-ring (bicyclic) bond motifs is 9. The highest BCUT2D eigenvalue weighted by atomic mass is 15.1. The highest BCUT2D eigenvalue weighted by Crippen LogP contribution is 2.36. The Bertz CT molecular complexity index is 3880. The molecule has 0 aliphatic heterocycles. The monoisotopic (exact) mass is 889 g/mol. The van der Waals surface area contributed by atoms with Crippen LogP contribution in [0.1, 0.15) is 53.1 Å². The van der Waals surface area contributed by atoms with Gasteiger partial charge in [0.2, 0.25) is 0 Å². The summed E-state index contributed by atoms with van der Waals surface area (Å²) in [7, 11) is 6.34. The van der Waals surface area contributed by atoms with Gasteiger partial charge in [-0.25, -0.2) is 13.7 Å². The molecule has 0 amide bonds. The first-order valence-electron chi connectivity index (χ1n) is 23.8. The second kappa shape index (κ2) is 17.8. The molecule has 12 aromatic rings. The van der Waals surface area contributed by atoms with Crippen LogP contribution in [0.15, 0.2) is 182 Å². The minimum atomic E-state index is 0.513.